The van der Waals surface area contributed by atoms with Crippen molar-refractivity contribution in [3.63, 3.8) is 0 Å². The molecule has 0 aliphatic heterocycles. The van der Waals surface area contributed by atoms with E-state index in [0.29, 0.717) is 11.5 Å². The minimum Gasteiger partial charge on any atom is -0.469 e. The average Bonchev–Trinajstić information content (AvgIpc) is 2.37. The van der Waals surface area contributed by atoms with Gasteiger partial charge in [-0.2, -0.15) is 11.8 Å². The minimum absolute atomic E-state index is 0.0473. The molecule has 1 N–H and O–H groups in total. The van der Waals surface area contributed by atoms with Crippen LogP contribution < -0.4 is 5.32 Å². The highest BCUT2D eigenvalue weighted by Crippen LogP contribution is 2.10. The minimum atomic E-state index is -0.221. The predicted octanol–water partition coefficient (Wildman–Crippen LogP) is 2.61. The summed E-state index contributed by atoms with van der Waals surface area (Å²) in [5.74, 6) is 0.681. The van der Waals surface area contributed by atoms with Crippen LogP contribution in [0.5, 0.6) is 0 Å². The predicted molar refractivity (Wildman–Crippen MR) is 80.3 cm³/mol. The van der Waals surface area contributed by atoms with Crippen LogP contribution in [-0.4, -0.2) is 36.5 Å². The third kappa shape index (κ3) is 9.82. The molecule has 2 unspecified atom stereocenters. The summed E-state index contributed by atoms with van der Waals surface area (Å²) in [7, 11) is 1.38. The van der Waals surface area contributed by atoms with Crippen LogP contribution in [0.2, 0.25) is 0 Å². The van der Waals surface area contributed by atoms with Crippen LogP contribution in [0.4, 0.5) is 0 Å². The molecule has 0 aromatic rings. The Kier molecular flexibility index (Phi) is 10.7. The van der Waals surface area contributed by atoms with Crippen molar-refractivity contribution in [1.82, 2.24) is 5.32 Å². The van der Waals surface area contributed by atoms with Gasteiger partial charge in [-0.25, -0.2) is 0 Å². The summed E-state index contributed by atoms with van der Waals surface area (Å²) in [5.41, 5.74) is 0. The number of ether oxygens (including phenoxy) is 1. The molecule has 5 heteroatoms. The summed E-state index contributed by atoms with van der Waals surface area (Å²) < 4.78 is 4.64. The highest BCUT2D eigenvalue weighted by molar-refractivity contribution is 7.99. The number of esters is 1. The Hall–Kier alpha value is -0.710. The van der Waals surface area contributed by atoms with Crippen molar-refractivity contribution in [2.45, 2.75) is 52.5 Å². The van der Waals surface area contributed by atoms with Crippen molar-refractivity contribution in [3.8, 4) is 0 Å². The molecule has 0 aromatic carbocycles. The van der Waals surface area contributed by atoms with Gasteiger partial charge in [-0.05, 0) is 13.3 Å². The van der Waals surface area contributed by atoms with Crippen LogP contribution in [0.3, 0.4) is 0 Å². The van der Waals surface area contributed by atoms with Crippen molar-refractivity contribution >= 4 is 23.6 Å². The highest BCUT2D eigenvalue weighted by atomic mass is 32.2. The van der Waals surface area contributed by atoms with E-state index in [0.717, 1.165) is 12.8 Å². The van der Waals surface area contributed by atoms with Gasteiger partial charge >= 0.3 is 5.97 Å². The first-order valence-corrected chi connectivity index (χ1v) is 8.11. The molecule has 0 spiro atoms. The second kappa shape index (κ2) is 11.1. The second-order valence-electron chi connectivity index (χ2n) is 4.90. The quantitative estimate of drug-likeness (QED) is 0.496. The van der Waals surface area contributed by atoms with E-state index in [9.17, 15) is 9.59 Å². The van der Waals surface area contributed by atoms with Gasteiger partial charge in [0.2, 0.25) is 5.91 Å². The summed E-state index contributed by atoms with van der Waals surface area (Å²) in [4.78, 5) is 22.8. The normalized spacial score (nSPS) is 13.7. The highest BCUT2D eigenvalue weighted by Gasteiger charge is 2.14. The molecule has 2 atom stereocenters. The van der Waals surface area contributed by atoms with Crippen LogP contribution in [-0.2, 0) is 14.3 Å². The zero-order chi connectivity index (χ0) is 14.7. The van der Waals surface area contributed by atoms with Gasteiger partial charge in [-0.15, -0.1) is 0 Å². The van der Waals surface area contributed by atoms with Gasteiger partial charge in [-0.3, -0.25) is 9.59 Å². The van der Waals surface area contributed by atoms with Gasteiger partial charge in [0.15, 0.2) is 0 Å². The molecule has 0 aliphatic rings. The Morgan fingerprint density at radius 3 is 2.53 bits per heavy atom. The molecule has 0 aliphatic carbocycles. The lowest BCUT2D eigenvalue weighted by Crippen LogP contribution is -2.34. The number of hydrogen-bond donors (Lipinski definition) is 1. The maximum atomic E-state index is 11.7. The van der Waals surface area contributed by atoms with E-state index in [4.69, 9.17) is 0 Å². The zero-order valence-electron chi connectivity index (χ0n) is 12.5. The number of nitrogens with one attached hydrogen (secondary N) is 1. The lowest BCUT2D eigenvalue weighted by Gasteiger charge is -2.14. The molecule has 19 heavy (non-hydrogen) atoms. The maximum absolute atomic E-state index is 11.7. The maximum Gasteiger partial charge on any atom is 0.309 e. The number of carbonyl (C=O) groups is 2. The number of carbonyl (C=O) groups excluding carboxylic acids is 2. The first-order valence-electron chi connectivity index (χ1n) is 6.96. The molecule has 0 saturated carbocycles. The SMILES string of the molecule is CCCCCC(C)NC(=O)CSCC(C)C(=O)OC. The fraction of sp³-hybridized carbons (Fsp3) is 0.857. The Labute approximate surface area is 121 Å². The van der Waals surface area contributed by atoms with Crippen molar-refractivity contribution in [1.29, 1.82) is 0 Å². The number of methoxy groups -OCH3 is 1. The molecular formula is C14H27NO3S. The molecule has 112 valence electrons. The Balaban J connectivity index is 3.66. The largest absolute Gasteiger partial charge is 0.469 e. The number of hydrogen-bond acceptors (Lipinski definition) is 4. The molecule has 0 rings (SSSR count). The van der Waals surface area contributed by atoms with E-state index < -0.39 is 0 Å². The van der Waals surface area contributed by atoms with Crippen LogP contribution in [0.1, 0.15) is 46.5 Å². The number of rotatable bonds is 10. The summed E-state index contributed by atoms with van der Waals surface area (Å²) >= 11 is 1.47. The Bertz CT molecular complexity index is 271. The molecule has 0 heterocycles. The topological polar surface area (TPSA) is 55.4 Å². The molecule has 0 fully saturated rings. The van der Waals surface area contributed by atoms with Gasteiger partial charge in [0.25, 0.3) is 0 Å². The Morgan fingerprint density at radius 1 is 1.26 bits per heavy atom. The first-order chi connectivity index (χ1) is 9.01. The van der Waals surface area contributed by atoms with E-state index >= 15 is 0 Å². The Morgan fingerprint density at radius 2 is 1.95 bits per heavy atom. The zero-order valence-corrected chi connectivity index (χ0v) is 13.3. The molecule has 0 bridgehead atoms. The molecular weight excluding hydrogens is 262 g/mol. The average molecular weight is 289 g/mol. The van der Waals surface area contributed by atoms with Crippen LogP contribution in [0, 0.1) is 5.92 Å². The van der Waals surface area contributed by atoms with Gasteiger partial charge in [-0.1, -0.05) is 33.1 Å². The fourth-order valence-corrected chi connectivity index (χ4v) is 2.56. The summed E-state index contributed by atoms with van der Waals surface area (Å²) in [6, 6.07) is 0.234. The fourth-order valence-electron chi connectivity index (χ4n) is 1.69. The van der Waals surface area contributed by atoms with E-state index in [1.165, 1.54) is 31.7 Å². The van der Waals surface area contributed by atoms with Gasteiger partial charge < -0.3 is 10.1 Å². The van der Waals surface area contributed by atoms with E-state index in [2.05, 4.69) is 17.0 Å². The van der Waals surface area contributed by atoms with Crippen molar-refractivity contribution < 1.29 is 14.3 Å². The van der Waals surface area contributed by atoms with Gasteiger partial charge in [0.1, 0.15) is 0 Å². The first kappa shape index (κ1) is 18.3. The third-order valence-electron chi connectivity index (χ3n) is 2.85. The summed E-state index contributed by atoms with van der Waals surface area (Å²) in [5, 5.41) is 2.98. The number of thioether (sulfide) groups is 1. The molecule has 4 nitrogen and oxygen atoms in total. The van der Waals surface area contributed by atoms with Crippen molar-refractivity contribution in [2.75, 3.05) is 18.6 Å². The standard InChI is InChI=1S/C14H27NO3S/c1-5-6-7-8-12(3)15-13(16)10-19-9-11(2)14(17)18-4/h11-12H,5-10H2,1-4H3,(H,15,16). The smallest absolute Gasteiger partial charge is 0.309 e. The van der Waals surface area contributed by atoms with E-state index in [1.54, 1.807) is 0 Å². The summed E-state index contributed by atoms with van der Waals surface area (Å²) in [6.07, 6.45) is 4.60. The van der Waals surface area contributed by atoms with Crippen LogP contribution >= 0.6 is 11.8 Å². The van der Waals surface area contributed by atoms with Crippen molar-refractivity contribution in [3.05, 3.63) is 0 Å². The third-order valence-corrected chi connectivity index (χ3v) is 4.05. The van der Waals surface area contributed by atoms with Gasteiger partial charge in [0.05, 0.1) is 18.8 Å². The van der Waals surface area contributed by atoms with Crippen molar-refractivity contribution in [2.24, 2.45) is 5.92 Å². The molecule has 0 saturated heterocycles. The lowest BCUT2D eigenvalue weighted by atomic mass is 10.1. The lowest BCUT2D eigenvalue weighted by molar-refractivity contribution is -0.144. The van der Waals surface area contributed by atoms with E-state index in [1.807, 2.05) is 13.8 Å². The molecule has 0 aromatic heterocycles. The second-order valence-corrected chi connectivity index (χ2v) is 5.93. The monoisotopic (exact) mass is 289 g/mol. The molecule has 0 radical (unpaired) electrons. The number of amides is 1. The van der Waals surface area contributed by atoms with Crippen LogP contribution in [0.25, 0.3) is 0 Å². The molecule has 1 amide bonds. The van der Waals surface area contributed by atoms with Crippen LogP contribution in [0.15, 0.2) is 0 Å². The number of unbranched alkanes of at least 4 members (excludes halogenated alkanes) is 2. The van der Waals surface area contributed by atoms with Gasteiger partial charge in [0, 0.05) is 11.8 Å². The summed E-state index contributed by atoms with van der Waals surface area (Å²) in [6.45, 7) is 6.02. The van der Waals surface area contributed by atoms with E-state index in [-0.39, 0.29) is 23.8 Å².